The molecule has 5 rings (SSSR count). The minimum absolute atomic E-state index is 0.0425. The number of aliphatic hydroxyl groups is 1. The van der Waals surface area contributed by atoms with E-state index >= 15 is 0 Å². The molecule has 0 aromatic heterocycles. The SMILES string of the molecule is C[C@]12CC[C@H](O)CC1=CC[C@H]1[C@H]2CC[C@]2(C)C(=O)[C@H](C3CCCCC3)C[C@H]12. The number of allylic oxidation sites excluding steroid dienone is 1. The Morgan fingerprint density at radius 1 is 0.963 bits per heavy atom. The maximum Gasteiger partial charge on any atom is 0.142 e. The molecule has 0 heterocycles. The summed E-state index contributed by atoms with van der Waals surface area (Å²) >= 11 is 0. The van der Waals surface area contributed by atoms with Gasteiger partial charge in [0.1, 0.15) is 5.78 Å². The van der Waals surface area contributed by atoms with Gasteiger partial charge in [-0.25, -0.2) is 0 Å². The first-order chi connectivity index (χ1) is 12.9. The van der Waals surface area contributed by atoms with Gasteiger partial charge in [0.05, 0.1) is 6.10 Å². The van der Waals surface area contributed by atoms with E-state index < -0.39 is 0 Å². The lowest BCUT2D eigenvalue weighted by atomic mass is 9.48. The summed E-state index contributed by atoms with van der Waals surface area (Å²) in [6.07, 6.45) is 16.7. The van der Waals surface area contributed by atoms with Gasteiger partial charge in [-0.05, 0) is 86.9 Å². The van der Waals surface area contributed by atoms with Gasteiger partial charge in [0, 0.05) is 11.3 Å². The van der Waals surface area contributed by atoms with E-state index in [9.17, 15) is 9.90 Å². The van der Waals surface area contributed by atoms with Gasteiger partial charge in [-0.15, -0.1) is 0 Å². The molecule has 7 atom stereocenters. The first kappa shape index (κ1) is 18.4. The average Bonchev–Trinajstić information content (AvgIpc) is 2.94. The number of rotatable bonds is 1. The third-order valence-electron chi connectivity index (χ3n) is 10.1. The van der Waals surface area contributed by atoms with Crippen molar-refractivity contribution in [3.8, 4) is 0 Å². The van der Waals surface area contributed by atoms with Gasteiger partial charge >= 0.3 is 0 Å². The van der Waals surface area contributed by atoms with Crippen molar-refractivity contribution in [2.45, 2.75) is 97.0 Å². The van der Waals surface area contributed by atoms with Gasteiger partial charge in [-0.1, -0.05) is 44.8 Å². The third kappa shape index (κ3) is 2.65. The Balaban J connectivity index is 1.43. The fourth-order valence-electron chi connectivity index (χ4n) is 8.45. The molecular weight excluding hydrogens is 332 g/mol. The molecule has 0 aromatic rings. The van der Waals surface area contributed by atoms with E-state index in [2.05, 4.69) is 19.9 Å². The molecule has 0 amide bonds. The summed E-state index contributed by atoms with van der Waals surface area (Å²) in [7, 11) is 0. The maximum atomic E-state index is 13.6. The quantitative estimate of drug-likeness (QED) is 0.602. The van der Waals surface area contributed by atoms with Crippen molar-refractivity contribution in [3.63, 3.8) is 0 Å². The van der Waals surface area contributed by atoms with Crippen molar-refractivity contribution in [1.82, 2.24) is 0 Å². The first-order valence-corrected chi connectivity index (χ1v) is 11.9. The van der Waals surface area contributed by atoms with E-state index in [1.807, 2.05) is 0 Å². The highest BCUT2D eigenvalue weighted by Gasteiger charge is 2.61. The Hall–Kier alpha value is -0.630. The highest BCUT2D eigenvalue weighted by molar-refractivity contribution is 5.89. The zero-order valence-corrected chi connectivity index (χ0v) is 17.4. The van der Waals surface area contributed by atoms with Crippen LogP contribution >= 0.6 is 0 Å². The van der Waals surface area contributed by atoms with Crippen molar-refractivity contribution < 1.29 is 9.90 Å². The Morgan fingerprint density at radius 2 is 1.70 bits per heavy atom. The summed E-state index contributed by atoms with van der Waals surface area (Å²) in [4.78, 5) is 13.6. The second-order valence-electron chi connectivity index (χ2n) is 11.2. The molecule has 0 aliphatic heterocycles. The number of hydrogen-bond donors (Lipinski definition) is 1. The predicted molar refractivity (Wildman–Crippen MR) is 108 cm³/mol. The zero-order chi connectivity index (χ0) is 18.8. The Kier molecular flexibility index (Phi) is 4.39. The van der Waals surface area contributed by atoms with Crippen LogP contribution in [0.1, 0.15) is 90.9 Å². The fourth-order valence-corrected chi connectivity index (χ4v) is 8.45. The minimum Gasteiger partial charge on any atom is -0.393 e. The Bertz CT molecular complexity index is 645. The molecule has 27 heavy (non-hydrogen) atoms. The third-order valence-corrected chi connectivity index (χ3v) is 10.1. The molecule has 0 aromatic carbocycles. The van der Waals surface area contributed by atoms with E-state index in [0.29, 0.717) is 29.5 Å². The van der Waals surface area contributed by atoms with Crippen molar-refractivity contribution in [3.05, 3.63) is 11.6 Å². The van der Waals surface area contributed by atoms with E-state index in [1.54, 1.807) is 5.57 Å². The second-order valence-corrected chi connectivity index (χ2v) is 11.2. The van der Waals surface area contributed by atoms with Gasteiger partial charge in [0.15, 0.2) is 0 Å². The van der Waals surface area contributed by atoms with Crippen LogP contribution in [0.25, 0.3) is 0 Å². The van der Waals surface area contributed by atoms with Gasteiger partial charge in [0.25, 0.3) is 0 Å². The lowest BCUT2D eigenvalue weighted by Gasteiger charge is -2.56. The molecule has 5 aliphatic rings. The van der Waals surface area contributed by atoms with E-state index in [4.69, 9.17) is 0 Å². The topological polar surface area (TPSA) is 37.3 Å². The van der Waals surface area contributed by atoms with Crippen molar-refractivity contribution in [2.24, 2.45) is 40.4 Å². The van der Waals surface area contributed by atoms with Crippen LogP contribution in [-0.2, 0) is 4.79 Å². The number of carbonyl (C=O) groups is 1. The molecule has 0 bridgehead atoms. The van der Waals surface area contributed by atoms with E-state index in [-0.39, 0.29) is 16.9 Å². The Morgan fingerprint density at radius 3 is 2.48 bits per heavy atom. The van der Waals surface area contributed by atoms with Crippen LogP contribution in [0, 0.1) is 40.4 Å². The summed E-state index contributed by atoms with van der Waals surface area (Å²) in [5.74, 6) is 3.74. The second kappa shape index (κ2) is 6.44. The lowest BCUT2D eigenvalue weighted by Crippen LogP contribution is -2.50. The van der Waals surface area contributed by atoms with E-state index in [1.165, 1.54) is 44.9 Å². The van der Waals surface area contributed by atoms with Gasteiger partial charge in [-0.2, -0.15) is 0 Å². The molecule has 4 fully saturated rings. The van der Waals surface area contributed by atoms with Crippen LogP contribution in [0.15, 0.2) is 11.6 Å². The molecule has 150 valence electrons. The molecule has 0 unspecified atom stereocenters. The number of hydrogen-bond acceptors (Lipinski definition) is 2. The molecule has 0 saturated heterocycles. The van der Waals surface area contributed by atoms with Crippen LogP contribution in [0.3, 0.4) is 0 Å². The summed E-state index contributed by atoms with van der Waals surface area (Å²) in [6.45, 7) is 4.82. The highest BCUT2D eigenvalue weighted by Crippen LogP contribution is 2.65. The van der Waals surface area contributed by atoms with Crippen molar-refractivity contribution in [2.75, 3.05) is 0 Å². The number of ketones is 1. The normalized spacial score (nSPS) is 50.6. The maximum absolute atomic E-state index is 13.6. The molecule has 2 heteroatoms. The first-order valence-electron chi connectivity index (χ1n) is 11.9. The van der Waals surface area contributed by atoms with Crippen LogP contribution < -0.4 is 0 Å². The van der Waals surface area contributed by atoms with Gasteiger partial charge in [0.2, 0.25) is 0 Å². The summed E-state index contributed by atoms with van der Waals surface area (Å²) in [5.41, 5.74) is 1.79. The van der Waals surface area contributed by atoms with Crippen LogP contribution in [0.2, 0.25) is 0 Å². The number of aliphatic hydroxyl groups excluding tert-OH is 1. The van der Waals surface area contributed by atoms with Crippen LogP contribution in [0.5, 0.6) is 0 Å². The van der Waals surface area contributed by atoms with Gasteiger partial charge < -0.3 is 5.11 Å². The van der Waals surface area contributed by atoms with Crippen LogP contribution in [-0.4, -0.2) is 17.0 Å². The smallest absolute Gasteiger partial charge is 0.142 e. The molecule has 1 N–H and O–H groups in total. The number of fused-ring (bicyclic) bond motifs is 5. The van der Waals surface area contributed by atoms with Gasteiger partial charge in [-0.3, -0.25) is 4.79 Å². The largest absolute Gasteiger partial charge is 0.393 e. The predicted octanol–water partition coefficient (Wildman–Crippen LogP) is 5.69. The van der Waals surface area contributed by atoms with E-state index in [0.717, 1.165) is 38.0 Å². The lowest BCUT2D eigenvalue weighted by molar-refractivity contribution is -0.135. The standard InChI is InChI=1S/C25H38O2/c1-24-12-10-18(26)14-17(24)8-9-19-21(24)11-13-25(2)22(19)15-20(23(25)27)16-6-4-3-5-7-16/h8,16,18-22,26H,3-7,9-15H2,1-2H3/t18-,19-,20-,21+,22+,24-,25-/m0/s1. The number of carbonyl (C=O) groups excluding carboxylic acids is 1. The average molecular weight is 371 g/mol. The highest BCUT2D eigenvalue weighted by atomic mass is 16.3. The summed E-state index contributed by atoms with van der Waals surface area (Å²) in [5, 5.41) is 10.2. The molecule has 5 aliphatic carbocycles. The minimum atomic E-state index is -0.126. The summed E-state index contributed by atoms with van der Waals surface area (Å²) in [6, 6.07) is 0. The number of Topliss-reactive ketones (excluding diaryl/α,β-unsaturated/α-hetero) is 1. The summed E-state index contributed by atoms with van der Waals surface area (Å²) < 4.78 is 0. The zero-order valence-electron chi connectivity index (χ0n) is 17.4. The molecular formula is C25H38O2. The molecule has 0 spiro atoms. The fraction of sp³-hybridized carbons (Fsp3) is 0.880. The van der Waals surface area contributed by atoms with Crippen LogP contribution in [0.4, 0.5) is 0 Å². The molecule has 0 radical (unpaired) electrons. The Labute approximate surface area is 165 Å². The van der Waals surface area contributed by atoms with Crippen molar-refractivity contribution in [1.29, 1.82) is 0 Å². The monoisotopic (exact) mass is 370 g/mol. The molecule has 2 nitrogen and oxygen atoms in total. The van der Waals surface area contributed by atoms with Crippen molar-refractivity contribution >= 4 is 5.78 Å². The molecule has 4 saturated carbocycles.